The highest BCUT2D eigenvalue weighted by Crippen LogP contribution is 2.60. The summed E-state index contributed by atoms with van der Waals surface area (Å²) in [7, 11) is 0. The highest BCUT2D eigenvalue weighted by molar-refractivity contribution is 6.03. The van der Waals surface area contributed by atoms with Crippen molar-refractivity contribution >= 4 is 5.78 Å². The van der Waals surface area contributed by atoms with Gasteiger partial charge in [-0.1, -0.05) is 24.3 Å². The number of hydrogen-bond donors (Lipinski definition) is 0. The molecule has 0 saturated heterocycles. The molecule has 0 heterocycles. The lowest BCUT2D eigenvalue weighted by atomic mass is 9.79. The molecule has 0 amide bonds. The molecule has 0 aliphatic heterocycles. The molecule has 0 unspecified atom stereocenters. The van der Waals surface area contributed by atoms with Crippen molar-refractivity contribution in [2.45, 2.75) is 36.5 Å². The normalized spacial score (nSPS) is 20.5. The number of ketones is 1. The van der Waals surface area contributed by atoms with Crippen molar-refractivity contribution in [3.8, 4) is 0 Å². The summed E-state index contributed by atoms with van der Waals surface area (Å²) in [4.78, 5) is 13.2. The van der Waals surface area contributed by atoms with Crippen molar-refractivity contribution in [2.75, 3.05) is 0 Å². The zero-order chi connectivity index (χ0) is 15.4. The lowest BCUT2D eigenvalue weighted by molar-refractivity contribution is -0.124. The standard InChI is InChI=1S/C19H16F2O/c20-15-5-1-13(2-6-15)18(9-10-18)17(22)19(11-12-19)14-3-7-16(21)8-4-14/h1-8H,9-12H2. The lowest BCUT2D eigenvalue weighted by Crippen LogP contribution is -2.32. The second kappa shape index (κ2) is 4.48. The molecule has 0 spiro atoms. The van der Waals surface area contributed by atoms with Crippen molar-refractivity contribution in [3.63, 3.8) is 0 Å². The van der Waals surface area contributed by atoms with Crippen molar-refractivity contribution in [1.82, 2.24) is 0 Å². The molecule has 2 aliphatic rings. The van der Waals surface area contributed by atoms with Crippen molar-refractivity contribution < 1.29 is 13.6 Å². The van der Waals surface area contributed by atoms with E-state index >= 15 is 0 Å². The maximum Gasteiger partial charge on any atom is 0.153 e. The minimum atomic E-state index is -0.460. The van der Waals surface area contributed by atoms with Crippen LogP contribution in [0.15, 0.2) is 48.5 Å². The Kier molecular flexibility index (Phi) is 2.77. The number of carbonyl (C=O) groups excluding carboxylic acids is 1. The molecular weight excluding hydrogens is 282 g/mol. The van der Waals surface area contributed by atoms with Crippen LogP contribution < -0.4 is 0 Å². The average molecular weight is 298 g/mol. The Morgan fingerprint density at radius 2 is 1.00 bits per heavy atom. The van der Waals surface area contributed by atoms with Crippen LogP contribution in [0.4, 0.5) is 8.78 Å². The fraction of sp³-hybridized carbons (Fsp3) is 0.316. The Bertz CT molecular complexity index is 660. The van der Waals surface area contributed by atoms with Crippen molar-refractivity contribution in [1.29, 1.82) is 0 Å². The van der Waals surface area contributed by atoms with Gasteiger partial charge in [0, 0.05) is 0 Å². The number of carbonyl (C=O) groups is 1. The van der Waals surface area contributed by atoms with E-state index < -0.39 is 10.8 Å². The van der Waals surface area contributed by atoms with Crippen molar-refractivity contribution in [2.24, 2.45) is 0 Å². The van der Waals surface area contributed by atoms with Crippen molar-refractivity contribution in [3.05, 3.63) is 71.3 Å². The Balaban J connectivity index is 1.69. The van der Waals surface area contributed by atoms with E-state index in [0.29, 0.717) is 0 Å². The second-order valence-electron chi connectivity index (χ2n) is 6.51. The average Bonchev–Trinajstić information content (AvgIpc) is 3.42. The highest BCUT2D eigenvalue weighted by atomic mass is 19.1. The summed E-state index contributed by atoms with van der Waals surface area (Å²) >= 11 is 0. The Labute approximate surface area is 128 Å². The third-order valence-electron chi connectivity index (χ3n) is 5.16. The molecule has 0 aromatic heterocycles. The minimum absolute atomic E-state index is 0.221. The number of halogens is 2. The molecule has 3 heteroatoms. The van der Waals surface area contributed by atoms with E-state index in [0.717, 1.165) is 36.8 Å². The summed E-state index contributed by atoms with van der Waals surface area (Å²) in [5.74, 6) is -0.350. The first-order chi connectivity index (χ1) is 10.6. The highest BCUT2D eigenvalue weighted by Gasteiger charge is 2.63. The van der Waals surface area contributed by atoms with Crippen LogP contribution in [0.1, 0.15) is 36.8 Å². The summed E-state index contributed by atoms with van der Waals surface area (Å²) < 4.78 is 26.2. The van der Waals surface area contributed by atoms with Gasteiger partial charge in [0.2, 0.25) is 0 Å². The predicted octanol–water partition coefficient (Wildman–Crippen LogP) is 4.30. The summed E-state index contributed by atoms with van der Waals surface area (Å²) in [6, 6.07) is 12.6. The van der Waals surface area contributed by atoms with Gasteiger partial charge in [-0.25, -0.2) is 8.78 Å². The molecule has 2 aromatic carbocycles. The van der Waals surface area contributed by atoms with Crippen LogP contribution in [0.5, 0.6) is 0 Å². The van der Waals surface area contributed by atoms with Crippen LogP contribution in [0, 0.1) is 11.6 Å². The zero-order valence-electron chi connectivity index (χ0n) is 12.1. The largest absolute Gasteiger partial charge is 0.298 e. The summed E-state index contributed by atoms with van der Waals surface area (Å²) in [5, 5.41) is 0. The molecule has 2 aliphatic carbocycles. The number of rotatable bonds is 4. The minimum Gasteiger partial charge on any atom is -0.298 e. The van der Waals surface area contributed by atoms with E-state index in [1.807, 2.05) is 0 Å². The van der Waals surface area contributed by atoms with Gasteiger partial charge < -0.3 is 0 Å². The van der Waals surface area contributed by atoms with Gasteiger partial charge in [0.25, 0.3) is 0 Å². The molecule has 4 rings (SSSR count). The molecular formula is C19H16F2O. The molecule has 0 N–H and O–H groups in total. The van der Waals surface area contributed by atoms with Gasteiger partial charge in [0.1, 0.15) is 11.6 Å². The van der Waals surface area contributed by atoms with Gasteiger partial charge in [0.05, 0.1) is 10.8 Å². The molecule has 0 atom stereocenters. The van der Waals surface area contributed by atoms with E-state index in [1.165, 1.54) is 24.3 Å². The Morgan fingerprint density at radius 3 is 1.27 bits per heavy atom. The van der Waals surface area contributed by atoms with Gasteiger partial charge in [-0.2, -0.15) is 0 Å². The van der Waals surface area contributed by atoms with Crippen LogP contribution in [0.2, 0.25) is 0 Å². The first kappa shape index (κ1) is 13.6. The van der Waals surface area contributed by atoms with E-state index in [1.54, 1.807) is 24.3 Å². The fourth-order valence-corrected chi connectivity index (χ4v) is 3.54. The van der Waals surface area contributed by atoms with Gasteiger partial charge in [-0.05, 0) is 61.1 Å². The molecule has 0 radical (unpaired) electrons. The van der Waals surface area contributed by atoms with Gasteiger partial charge in [-0.3, -0.25) is 4.79 Å². The lowest BCUT2D eigenvalue weighted by Gasteiger charge is -2.22. The third kappa shape index (κ3) is 1.92. The monoisotopic (exact) mass is 298 g/mol. The maximum absolute atomic E-state index is 13.2. The Morgan fingerprint density at radius 1 is 0.682 bits per heavy atom. The maximum atomic E-state index is 13.2. The fourth-order valence-electron chi connectivity index (χ4n) is 3.54. The molecule has 2 aromatic rings. The predicted molar refractivity (Wildman–Crippen MR) is 79.6 cm³/mol. The van der Waals surface area contributed by atoms with E-state index in [4.69, 9.17) is 0 Å². The summed E-state index contributed by atoms with van der Waals surface area (Å²) in [6.45, 7) is 0. The Hall–Kier alpha value is -2.03. The molecule has 1 nitrogen and oxygen atoms in total. The first-order valence-corrected chi connectivity index (χ1v) is 7.64. The zero-order valence-corrected chi connectivity index (χ0v) is 12.1. The first-order valence-electron chi connectivity index (χ1n) is 7.64. The number of Topliss-reactive ketones (excluding diaryl/α,β-unsaturated/α-hetero) is 1. The van der Waals surface area contributed by atoms with Crippen LogP contribution in [-0.2, 0) is 15.6 Å². The molecule has 22 heavy (non-hydrogen) atoms. The van der Waals surface area contributed by atoms with Crippen LogP contribution in [0.3, 0.4) is 0 Å². The second-order valence-corrected chi connectivity index (χ2v) is 6.51. The third-order valence-corrected chi connectivity index (χ3v) is 5.16. The van der Waals surface area contributed by atoms with Crippen LogP contribution in [-0.4, -0.2) is 5.78 Å². The molecule has 2 fully saturated rings. The molecule has 0 bridgehead atoms. The van der Waals surface area contributed by atoms with Gasteiger partial charge in [0.15, 0.2) is 5.78 Å². The van der Waals surface area contributed by atoms with E-state index in [9.17, 15) is 13.6 Å². The smallest absolute Gasteiger partial charge is 0.153 e. The topological polar surface area (TPSA) is 17.1 Å². The molecule has 112 valence electrons. The summed E-state index contributed by atoms with van der Waals surface area (Å²) in [6.07, 6.45) is 3.28. The number of hydrogen-bond acceptors (Lipinski definition) is 1. The number of benzene rings is 2. The van der Waals surface area contributed by atoms with Crippen LogP contribution in [0.25, 0.3) is 0 Å². The van der Waals surface area contributed by atoms with E-state index in [-0.39, 0.29) is 17.4 Å². The van der Waals surface area contributed by atoms with Gasteiger partial charge in [-0.15, -0.1) is 0 Å². The molecule has 2 saturated carbocycles. The quantitative estimate of drug-likeness (QED) is 0.822. The SMILES string of the molecule is O=C(C1(c2ccc(F)cc2)CC1)C1(c2ccc(F)cc2)CC1. The van der Waals surface area contributed by atoms with E-state index in [2.05, 4.69) is 0 Å². The summed E-state index contributed by atoms with van der Waals surface area (Å²) in [5.41, 5.74) is 0.900. The van der Waals surface area contributed by atoms with Crippen LogP contribution >= 0.6 is 0 Å². The van der Waals surface area contributed by atoms with Gasteiger partial charge >= 0.3 is 0 Å².